The number of aromatic nitrogens is 2. The lowest BCUT2D eigenvalue weighted by molar-refractivity contribution is -0.126. The van der Waals surface area contributed by atoms with Gasteiger partial charge >= 0.3 is 0 Å². The van der Waals surface area contributed by atoms with Gasteiger partial charge in [0.2, 0.25) is 5.91 Å². The normalized spacial score (nSPS) is 21.0. The van der Waals surface area contributed by atoms with Gasteiger partial charge in [0.25, 0.3) is 5.56 Å². The predicted octanol–water partition coefficient (Wildman–Crippen LogP) is -0.446. The van der Waals surface area contributed by atoms with E-state index in [1.165, 1.54) is 6.07 Å². The van der Waals surface area contributed by atoms with Gasteiger partial charge in [-0.2, -0.15) is 5.10 Å². The number of hydrogen-bond acceptors (Lipinski definition) is 6. The van der Waals surface area contributed by atoms with E-state index in [0.29, 0.717) is 38.4 Å². The lowest BCUT2D eigenvalue weighted by Gasteiger charge is -2.32. The minimum absolute atomic E-state index is 0.0196. The number of aryl methyl sites for hydroxylation is 1. The molecule has 0 aromatic carbocycles. The fourth-order valence-electron chi connectivity index (χ4n) is 2.47. The summed E-state index contributed by atoms with van der Waals surface area (Å²) in [5, 5.41) is 9.25. The van der Waals surface area contributed by atoms with Gasteiger partial charge in [-0.3, -0.25) is 9.59 Å². The van der Waals surface area contributed by atoms with Crippen molar-refractivity contribution in [2.75, 3.05) is 40.5 Å². The smallest absolute Gasteiger partial charge is 0.264 e. The molecule has 8 heteroatoms. The summed E-state index contributed by atoms with van der Waals surface area (Å²) in [6.45, 7) is 2.59. The van der Waals surface area contributed by atoms with Gasteiger partial charge in [0.05, 0.1) is 31.1 Å². The number of likely N-dealkylation sites (N-methyl/N-ethyl adjacent to an activating group) is 1. The fourth-order valence-corrected chi connectivity index (χ4v) is 2.47. The van der Waals surface area contributed by atoms with E-state index < -0.39 is 0 Å². The molecule has 1 aliphatic heterocycles. The lowest BCUT2D eigenvalue weighted by atomic mass is 10.1. The summed E-state index contributed by atoms with van der Waals surface area (Å²) in [5.74, 6) is -0.0697. The Morgan fingerprint density at radius 2 is 2.33 bits per heavy atom. The Balaban J connectivity index is 1.77. The van der Waals surface area contributed by atoms with Crippen LogP contribution in [0.25, 0.3) is 0 Å². The molecule has 1 saturated heterocycles. The molecular formula is C16H26N4O4. The second-order valence-corrected chi connectivity index (χ2v) is 6.16. The van der Waals surface area contributed by atoms with Crippen LogP contribution in [0.2, 0.25) is 0 Å². The maximum absolute atomic E-state index is 12.1. The molecule has 0 spiro atoms. The van der Waals surface area contributed by atoms with E-state index in [1.807, 2.05) is 14.1 Å². The first-order valence-electron chi connectivity index (χ1n) is 8.22. The second-order valence-electron chi connectivity index (χ2n) is 6.16. The zero-order chi connectivity index (χ0) is 17.4. The van der Waals surface area contributed by atoms with E-state index in [4.69, 9.17) is 9.47 Å². The number of nitrogens with one attached hydrogen (secondary N) is 2. The number of rotatable bonds is 8. The van der Waals surface area contributed by atoms with Crippen molar-refractivity contribution in [2.45, 2.75) is 31.4 Å². The summed E-state index contributed by atoms with van der Waals surface area (Å²) in [4.78, 5) is 25.2. The Labute approximate surface area is 141 Å². The van der Waals surface area contributed by atoms with Gasteiger partial charge in [-0.1, -0.05) is 0 Å². The van der Waals surface area contributed by atoms with Crippen molar-refractivity contribution in [2.24, 2.45) is 0 Å². The van der Waals surface area contributed by atoms with Crippen LogP contribution in [0.3, 0.4) is 0 Å². The molecule has 0 aliphatic carbocycles. The minimum atomic E-state index is -0.250. The van der Waals surface area contributed by atoms with E-state index in [0.717, 1.165) is 13.0 Å². The highest BCUT2D eigenvalue weighted by Crippen LogP contribution is 2.12. The monoisotopic (exact) mass is 338 g/mol. The molecule has 0 unspecified atom stereocenters. The molecule has 1 aromatic heterocycles. The fraction of sp³-hybridized carbons (Fsp3) is 0.688. The van der Waals surface area contributed by atoms with Crippen molar-refractivity contribution in [1.29, 1.82) is 0 Å². The van der Waals surface area contributed by atoms with Crippen LogP contribution in [0.5, 0.6) is 0 Å². The summed E-state index contributed by atoms with van der Waals surface area (Å²) in [5.41, 5.74) is 0.434. The molecule has 1 fully saturated rings. The van der Waals surface area contributed by atoms with Crippen LogP contribution in [0.15, 0.2) is 16.9 Å². The van der Waals surface area contributed by atoms with Crippen LogP contribution < -0.4 is 10.9 Å². The number of ether oxygens (including phenoxy) is 2. The molecule has 1 amide bonds. The highest BCUT2D eigenvalue weighted by atomic mass is 16.5. The maximum atomic E-state index is 12.1. The molecular weight excluding hydrogens is 312 g/mol. The summed E-state index contributed by atoms with van der Waals surface area (Å²) in [7, 11) is 3.99. The quantitative estimate of drug-likeness (QED) is 0.667. The molecule has 8 nitrogen and oxygen atoms in total. The Morgan fingerprint density at radius 1 is 1.50 bits per heavy atom. The largest absolute Gasteiger partial charge is 0.379 e. The van der Waals surface area contributed by atoms with Gasteiger partial charge < -0.3 is 19.7 Å². The number of H-pyrrole nitrogens is 1. The highest BCUT2D eigenvalue weighted by molar-refractivity contribution is 5.76. The van der Waals surface area contributed by atoms with Gasteiger partial charge in [0.1, 0.15) is 0 Å². The first-order chi connectivity index (χ1) is 11.5. The van der Waals surface area contributed by atoms with E-state index in [9.17, 15) is 9.59 Å². The van der Waals surface area contributed by atoms with Crippen LogP contribution >= 0.6 is 0 Å². The molecule has 1 aromatic rings. The van der Waals surface area contributed by atoms with Crippen LogP contribution in [-0.4, -0.2) is 73.6 Å². The first kappa shape index (κ1) is 18.6. The van der Waals surface area contributed by atoms with Crippen molar-refractivity contribution in [1.82, 2.24) is 20.4 Å². The number of aromatic amines is 1. The van der Waals surface area contributed by atoms with Crippen LogP contribution in [0, 0.1) is 0 Å². The van der Waals surface area contributed by atoms with Gasteiger partial charge in [-0.05, 0) is 26.6 Å². The Kier molecular flexibility index (Phi) is 7.36. The third kappa shape index (κ3) is 6.38. The van der Waals surface area contributed by atoms with Crippen LogP contribution in [0.1, 0.15) is 18.5 Å². The number of carbonyl (C=O) groups is 1. The van der Waals surface area contributed by atoms with E-state index in [-0.39, 0.29) is 23.6 Å². The topological polar surface area (TPSA) is 96.5 Å². The highest BCUT2D eigenvalue weighted by Gasteiger charge is 2.27. The summed E-state index contributed by atoms with van der Waals surface area (Å²) in [6, 6.07) is 2.91. The predicted molar refractivity (Wildman–Crippen MR) is 88.8 cm³/mol. The van der Waals surface area contributed by atoms with E-state index >= 15 is 0 Å². The molecule has 1 aliphatic rings. The minimum Gasteiger partial charge on any atom is -0.379 e. The van der Waals surface area contributed by atoms with Crippen molar-refractivity contribution in [3.63, 3.8) is 0 Å². The number of amides is 1. The van der Waals surface area contributed by atoms with Gasteiger partial charge in [0.15, 0.2) is 0 Å². The number of nitrogens with zero attached hydrogens (tertiary/aromatic N) is 2. The summed E-state index contributed by atoms with van der Waals surface area (Å²) >= 11 is 0. The van der Waals surface area contributed by atoms with Gasteiger partial charge in [0, 0.05) is 32.1 Å². The Morgan fingerprint density at radius 3 is 3.04 bits per heavy atom. The average molecular weight is 338 g/mol. The first-order valence-corrected chi connectivity index (χ1v) is 8.22. The van der Waals surface area contributed by atoms with Crippen molar-refractivity contribution in [3.8, 4) is 0 Å². The zero-order valence-electron chi connectivity index (χ0n) is 14.3. The molecule has 2 heterocycles. The van der Waals surface area contributed by atoms with Gasteiger partial charge in [-0.25, -0.2) is 5.10 Å². The second kappa shape index (κ2) is 9.51. The van der Waals surface area contributed by atoms with Crippen LogP contribution in [-0.2, 0) is 20.7 Å². The van der Waals surface area contributed by atoms with Gasteiger partial charge in [-0.15, -0.1) is 0 Å². The van der Waals surface area contributed by atoms with E-state index in [1.54, 1.807) is 6.07 Å². The molecule has 24 heavy (non-hydrogen) atoms. The summed E-state index contributed by atoms with van der Waals surface area (Å²) < 4.78 is 11.4. The molecule has 0 bridgehead atoms. The molecule has 134 valence electrons. The van der Waals surface area contributed by atoms with Crippen LogP contribution in [0.4, 0.5) is 0 Å². The molecule has 2 atom stereocenters. The number of hydrogen-bond donors (Lipinski definition) is 2. The summed E-state index contributed by atoms with van der Waals surface area (Å²) in [6.07, 6.45) is 1.54. The zero-order valence-corrected chi connectivity index (χ0v) is 14.3. The Hall–Kier alpha value is -1.77. The van der Waals surface area contributed by atoms with Crippen molar-refractivity contribution >= 4 is 5.91 Å². The van der Waals surface area contributed by atoms with Crippen molar-refractivity contribution < 1.29 is 14.3 Å². The van der Waals surface area contributed by atoms with E-state index in [2.05, 4.69) is 20.4 Å². The van der Waals surface area contributed by atoms with Crippen molar-refractivity contribution in [3.05, 3.63) is 28.2 Å². The Bertz CT molecular complexity index is 555. The lowest BCUT2D eigenvalue weighted by Crippen LogP contribution is -2.51. The third-order valence-corrected chi connectivity index (χ3v) is 3.85. The average Bonchev–Trinajstić information content (AvgIpc) is 2.55. The number of carbonyl (C=O) groups excluding carboxylic acids is 1. The standard InChI is InChI=1S/C16H26N4O4/c1-20(2)8-10-24-14-7-9-23-11-13(14)17-15(21)5-3-12-4-6-16(22)19-18-12/h4,6,13-14H,3,5,7-11H2,1-2H3,(H,17,21)(H,19,22)/t13-,14+/m0/s1. The maximum Gasteiger partial charge on any atom is 0.264 e. The molecule has 0 saturated carbocycles. The SMILES string of the molecule is CN(C)CCO[C@@H]1CCOC[C@@H]1NC(=O)CCc1ccc(=O)[nH]n1. The molecule has 2 rings (SSSR count). The third-order valence-electron chi connectivity index (χ3n) is 3.85. The molecule has 2 N–H and O–H groups in total. The molecule has 0 radical (unpaired) electrons.